The molecule has 2 heterocycles. The summed E-state index contributed by atoms with van der Waals surface area (Å²) in [5, 5.41) is 4.95. The van der Waals surface area contributed by atoms with Crippen LogP contribution in [0.1, 0.15) is 31.7 Å². The third-order valence-electron chi connectivity index (χ3n) is 4.25. The SMILES string of the molecule is CC(CN1CCCCC1)NCc1ccc2[nH]ccc2c1. The Bertz CT molecular complexity index is 540. The number of piperidine rings is 1. The van der Waals surface area contributed by atoms with E-state index in [1.807, 2.05) is 6.20 Å². The number of fused-ring (bicyclic) bond motifs is 1. The Morgan fingerprint density at radius 1 is 1.20 bits per heavy atom. The van der Waals surface area contributed by atoms with Crippen LogP contribution in [0.4, 0.5) is 0 Å². The fourth-order valence-corrected chi connectivity index (χ4v) is 3.10. The van der Waals surface area contributed by atoms with Crippen LogP contribution in [0.15, 0.2) is 30.5 Å². The van der Waals surface area contributed by atoms with Crippen molar-refractivity contribution in [3.63, 3.8) is 0 Å². The van der Waals surface area contributed by atoms with Gasteiger partial charge in [0.1, 0.15) is 0 Å². The van der Waals surface area contributed by atoms with Gasteiger partial charge in [-0.25, -0.2) is 0 Å². The Labute approximate surface area is 121 Å². The molecule has 3 nitrogen and oxygen atoms in total. The standard InChI is InChI=1S/C17H25N3/c1-14(13-20-9-3-2-4-10-20)19-12-15-5-6-17-16(11-15)7-8-18-17/h5-8,11,14,18-19H,2-4,9-10,12-13H2,1H3. The molecule has 1 atom stereocenters. The average Bonchev–Trinajstić information content (AvgIpc) is 2.93. The highest BCUT2D eigenvalue weighted by Gasteiger charge is 2.12. The number of aromatic amines is 1. The number of nitrogens with one attached hydrogen (secondary N) is 2. The molecule has 1 fully saturated rings. The van der Waals surface area contributed by atoms with Crippen molar-refractivity contribution in [2.24, 2.45) is 0 Å². The molecular weight excluding hydrogens is 246 g/mol. The van der Waals surface area contributed by atoms with Crippen LogP contribution >= 0.6 is 0 Å². The lowest BCUT2D eigenvalue weighted by atomic mass is 10.1. The van der Waals surface area contributed by atoms with Gasteiger partial charge in [-0.3, -0.25) is 0 Å². The molecule has 108 valence electrons. The summed E-state index contributed by atoms with van der Waals surface area (Å²) in [6.07, 6.45) is 6.16. The van der Waals surface area contributed by atoms with Gasteiger partial charge in [-0.1, -0.05) is 12.5 Å². The van der Waals surface area contributed by atoms with Gasteiger partial charge in [0.25, 0.3) is 0 Å². The Hall–Kier alpha value is -1.32. The van der Waals surface area contributed by atoms with Crippen LogP contribution in [-0.4, -0.2) is 35.6 Å². The molecule has 0 radical (unpaired) electrons. The van der Waals surface area contributed by atoms with Crippen molar-refractivity contribution in [1.82, 2.24) is 15.2 Å². The summed E-state index contributed by atoms with van der Waals surface area (Å²) in [6, 6.07) is 9.33. The van der Waals surface area contributed by atoms with E-state index in [0.717, 1.165) is 6.54 Å². The van der Waals surface area contributed by atoms with Crippen LogP contribution in [0.3, 0.4) is 0 Å². The lowest BCUT2D eigenvalue weighted by molar-refractivity contribution is 0.209. The van der Waals surface area contributed by atoms with Gasteiger partial charge in [0.2, 0.25) is 0 Å². The number of H-pyrrole nitrogens is 1. The van der Waals surface area contributed by atoms with E-state index >= 15 is 0 Å². The Morgan fingerprint density at radius 3 is 2.90 bits per heavy atom. The van der Waals surface area contributed by atoms with E-state index in [9.17, 15) is 0 Å². The van der Waals surface area contributed by atoms with E-state index in [-0.39, 0.29) is 0 Å². The number of hydrogen-bond donors (Lipinski definition) is 2. The van der Waals surface area contributed by atoms with Gasteiger partial charge in [-0.2, -0.15) is 0 Å². The molecule has 1 unspecified atom stereocenters. The van der Waals surface area contributed by atoms with E-state index in [1.165, 1.54) is 55.4 Å². The molecule has 0 saturated carbocycles. The highest BCUT2D eigenvalue weighted by atomic mass is 15.1. The molecule has 0 spiro atoms. The van der Waals surface area contributed by atoms with Crippen LogP contribution in [0.5, 0.6) is 0 Å². The third kappa shape index (κ3) is 3.41. The molecule has 1 saturated heterocycles. The Kier molecular flexibility index (Phi) is 4.38. The second kappa shape index (κ2) is 6.42. The minimum absolute atomic E-state index is 0.551. The molecule has 20 heavy (non-hydrogen) atoms. The number of hydrogen-bond acceptors (Lipinski definition) is 2. The quantitative estimate of drug-likeness (QED) is 0.875. The first-order chi connectivity index (χ1) is 9.81. The maximum absolute atomic E-state index is 3.65. The molecule has 1 aliphatic rings. The van der Waals surface area contributed by atoms with E-state index < -0.39 is 0 Å². The Morgan fingerprint density at radius 2 is 2.05 bits per heavy atom. The number of aromatic nitrogens is 1. The topological polar surface area (TPSA) is 31.1 Å². The lowest BCUT2D eigenvalue weighted by Crippen LogP contribution is -2.41. The van der Waals surface area contributed by atoms with Gasteiger partial charge in [0, 0.05) is 30.8 Å². The number of benzene rings is 1. The second-order valence-corrected chi connectivity index (χ2v) is 6.04. The summed E-state index contributed by atoms with van der Waals surface area (Å²) in [6.45, 7) is 6.98. The monoisotopic (exact) mass is 271 g/mol. The van der Waals surface area contributed by atoms with Gasteiger partial charge in [-0.05, 0) is 62.0 Å². The molecule has 0 bridgehead atoms. The maximum Gasteiger partial charge on any atom is 0.0454 e. The first kappa shape index (κ1) is 13.7. The van der Waals surface area contributed by atoms with Crippen LogP contribution in [-0.2, 0) is 6.54 Å². The normalized spacial score (nSPS) is 18.4. The summed E-state index contributed by atoms with van der Waals surface area (Å²) in [7, 11) is 0. The predicted octanol–water partition coefficient (Wildman–Crippen LogP) is 3.13. The minimum atomic E-state index is 0.551. The summed E-state index contributed by atoms with van der Waals surface area (Å²) in [4.78, 5) is 5.83. The van der Waals surface area contributed by atoms with Crippen molar-refractivity contribution in [3.8, 4) is 0 Å². The van der Waals surface area contributed by atoms with E-state index in [2.05, 4.69) is 46.4 Å². The number of rotatable bonds is 5. The lowest BCUT2D eigenvalue weighted by Gasteiger charge is -2.29. The largest absolute Gasteiger partial charge is 0.361 e. The van der Waals surface area contributed by atoms with Crippen molar-refractivity contribution < 1.29 is 0 Å². The molecule has 1 aromatic carbocycles. The smallest absolute Gasteiger partial charge is 0.0454 e. The molecule has 0 amide bonds. The van der Waals surface area contributed by atoms with E-state index in [4.69, 9.17) is 0 Å². The Balaban J connectivity index is 1.50. The zero-order valence-electron chi connectivity index (χ0n) is 12.4. The summed E-state index contributed by atoms with van der Waals surface area (Å²) in [5.41, 5.74) is 2.58. The van der Waals surface area contributed by atoms with Crippen molar-refractivity contribution >= 4 is 10.9 Å². The summed E-state index contributed by atoms with van der Waals surface area (Å²) < 4.78 is 0. The summed E-state index contributed by atoms with van der Waals surface area (Å²) in [5.74, 6) is 0. The average molecular weight is 271 g/mol. The van der Waals surface area contributed by atoms with Gasteiger partial charge in [0.05, 0.1) is 0 Å². The fraction of sp³-hybridized carbons (Fsp3) is 0.529. The zero-order valence-corrected chi connectivity index (χ0v) is 12.4. The van der Waals surface area contributed by atoms with Crippen molar-refractivity contribution in [2.45, 2.75) is 38.8 Å². The van der Waals surface area contributed by atoms with E-state index in [0.29, 0.717) is 6.04 Å². The molecule has 2 aromatic rings. The fourth-order valence-electron chi connectivity index (χ4n) is 3.10. The van der Waals surface area contributed by atoms with Crippen LogP contribution in [0.25, 0.3) is 10.9 Å². The molecule has 3 rings (SSSR count). The molecule has 1 aromatic heterocycles. The highest BCUT2D eigenvalue weighted by Crippen LogP contribution is 2.14. The van der Waals surface area contributed by atoms with Crippen LogP contribution in [0.2, 0.25) is 0 Å². The van der Waals surface area contributed by atoms with E-state index in [1.54, 1.807) is 0 Å². The van der Waals surface area contributed by atoms with Crippen molar-refractivity contribution in [3.05, 3.63) is 36.0 Å². The second-order valence-electron chi connectivity index (χ2n) is 6.04. The number of nitrogens with zero attached hydrogens (tertiary/aromatic N) is 1. The summed E-state index contributed by atoms with van der Waals surface area (Å²) >= 11 is 0. The van der Waals surface area contributed by atoms with Gasteiger partial charge < -0.3 is 15.2 Å². The first-order valence-electron chi connectivity index (χ1n) is 7.83. The molecule has 2 N–H and O–H groups in total. The molecule has 1 aliphatic heterocycles. The van der Waals surface area contributed by atoms with Crippen LogP contribution in [0, 0.1) is 0 Å². The molecular formula is C17H25N3. The van der Waals surface area contributed by atoms with Crippen LogP contribution < -0.4 is 5.32 Å². The minimum Gasteiger partial charge on any atom is -0.361 e. The third-order valence-corrected chi connectivity index (χ3v) is 4.25. The molecule has 0 aliphatic carbocycles. The predicted molar refractivity (Wildman–Crippen MR) is 84.9 cm³/mol. The first-order valence-corrected chi connectivity index (χ1v) is 7.83. The number of likely N-dealkylation sites (tertiary alicyclic amines) is 1. The van der Waals surface area contributed by atoms with Crippen molar-refractivity contribution in [2.75, 3.05) is 19.6 Å². The zero-order chi connectivity index (χ0) is 13.8. The van der Waals surface area contributed by atoms with Gasteiger partial charge in [0.15, 0.2) is 0 Å². The maximum atomic E-state index is 3.65. The highest BCUT2D eigenvalue weighted by molar-refractivity contribution is 5.79. The van der Waals surface area contributed by atoms with Crippen molar-refractivity contribution in [1.29, 1.82) is 0 Å². The molecule has 3 heteroatoms. The van der Waals surface area contributed by atoms with Gasteiger partial charge in [-0.15, -0.1) is 0 Å². The van der Waals surface area contributed by atoms with Gasteiger partial charge >= 0.3 is 0 Å².